The molecule has 0 saturated heterocycles. The van der Waals surface area contributed by atoms with E-state index < -0.39 is 0 Å². The van der Waals surface area contributed by atoms with Crippen LogP contribution in [0.1, 0.15) is 12.2 Å². The fourth-order valence-electron chi connectivity index (χ4n) is 1.32. The number of H-pyrrole nitrogens is 2. The number of amides is 1. The summed E-state index contributed by atoms with van der Waals surface area (Å²) in [6.07, 6.45) is 1.27. The monoisotopic (exact) mass is 267 g/mol. The molecule has 2 rings (SSSR count). The van der Waals surface area contributed by atoms with Crippen molar-refractivity contribution >= 4 is 11.9 Å². The molecule has 0 aliphatic carbocycles. The first-order valence-corrected chi connectivity index (χ1v) is 5.51. The van der Waals surface area contributed by atoms with Crippen LogP contribution in [0.5, 0.6) is 0 Å². The van der Waals surface area contributed by atoms with Gasteiger partial charge in [0.1, 0.15) is 5.82 Å². The topological polar surface area (TPSA) is 167 Å². The van der Waals surface area contributed by atoms with Gasteiger partial charge in [0.25, 0.3) is 5.91 Å². The number of hydrogen-bond donors (Lipinski definition) is 4. The Morgan fingerprint density at radius 3 is 2.74 bits per heavy atom. The molecule has 0 fully saturated rings. The second kappa shape index (κ2) is 6.34. The number of aryl methyl sites for hydroxylation is 1. The molecule has 2 aromatic heterocycles. The molecule has 102 valence electrons. The van der Waals surface area contributed by atoms with Crippen molar-refractivity contribution < 1.29 is 4.79 Å². The number of rotatable bonds is 7. The number of aromatic nitrogens is 8. The van der Waals surface area contributed by atoms with Crippen molar-refractivity contribution in [2.45, 2.75) is 12.8 Å². The van der Waals surface area contributed by atoms with Gasteiger partial charge >= 0.3 is 0 Å². The number of tetrazole rings is 2. The average Bonchev–Trinajstić information content (AvgIpc) is 3.08. The lowest BCUT2D eigenvalue weighted by atomic mass is 10.3. The first-order valence-electron chi connectivity index (χ1n) is 5.51. The third-order valence-electron chi connectivity index (χ3n) is 2.27. The second-order valence-electron chi connectivity index (χ2n) is 3.64. The molecule has 0 aliphatic heterocycles. The van der Waals surface area contributed by atoms with E-state index in [1.165, 1.54) is 0 Å². The summed E-state index contributed by atoms with van der Waals surface area (Å²) in [6.45, 7) is 0.410. The molecule has 5 N–H and O–H groups in total. The zero-order valence-corrected chi connectivity index (χ0v) is 9.94. The fourth-order valence-corrected chi connectivity index (χ4v) is 1.32. The van der Waals surface area contributed by atoms with Crippen molar-refractivity contribution in [3.8, 4) is 0 Å². The third-order valence-corrected chi connectivity index (χ3v) is 2.27. The van der Waals surface area contributed by atoms with Gasteiger partial charge in [-0.15, -0.1) is 5.10 Å². The predicted octanol–water partition coefficient (Wildman–Crippen LogP) is -2.54. The van der Waals surface area contributed by atoms with E-state index in [9.17, 15) is 4.79 Å². The van der Waals surface area contributed by atoms with Gasteiger partial charge in [-0.1, -0.05) is 5.10 Å². The lowest BCUT2D eigenvalue weighted by Crippen LogP contribution is -2.41. The highest BCUT2D eigenvalue weighted by Crippen LogP contribution is 1.95. The average molecular weight is 267 g/mol. The summed E-state index contributed by atoms with van der Waals surface area (Å²) in [7, 11) is 0. The van der Waals surface area contributed by atoms with E-state index in [1.54, 1.807) is 0 Å². The summed E-state index contributed by atoms with van der Waals surface area (Å²) in [4.78, 5) is 11.6. The summed E-state index contributed by atoms with van der Waals surface area (Å²) in [6, 6.07) is 0. The summed E-state index contributed by atoms with van der Waals surface area (Å²) in [5, 5.41) is 29.9. The Morgan fingerprint density at radius 1 is 1.26 bits per heavy atom. The van der Waals surface area contributed by atoms with Gasteiger partial charge in [0.2, 0.25) is 5.95 Å². The van der Waals surface area contributed by atoms with E-state index in [-0.39, 0.29) is 12.5 Å². The molecule has 0 unspecified atom stereocenters. The number of carbonyl (C=O) groups is 1. The Kier molecular flexibility index (Phi) is 4.28. The van der Waals surface area contributed by atoms with Gasteiger partial charge in [0.05, 0.1) is 6.54 Å². The molecule has 12 nitrogen and oxygen atoms in total. The highest BCUT2D eigenvalue weighted by Gasteiger charge is 2.10. The summed E-state index contributed by atoms with van der Waals surface area (Å²) >= 11 is 0. The van der Waals surface area contributed by atoms with Crippen molar-refractivity contribution in [1.82, 2.24) is 46.3 Å². The number of nitrogens with one attached hydrogen (secondary N) is 3. The van der Waals surface area contributed by atoms with Crippen LogP contribution in [0.3, 0.4) is 0 Å². The van der Waals surface area contributed by atoms with Crippen LogP contribution in [-0.2, 0) is 11.2 Å². The second-order valence-corrected chi connectivity index (χ2v) is 3.64. The molecule has 0 saturated carbocycles. The van der Waals surface area contributed by atoms with E-state index in [0.29, 0.717) is 31.2 Å². The summed E-state index contributed by atoms with van der Waals surface area (Å²) in [5.74, 6) is 6.32. The Morgan fingerprint density at radius 2 is 2.05 bits per heavy atom. The van der Waals surface area contributed by atoms with Gasteiger partial charge in [-0.2, -0.15) is 0 Å². The standard InChI is InChI=1S/C7H13N11O/c8-18(3-1-2-5-10-14-15-11-5)6(19)4-9-7-12-16-17-13-7/h1-4,8H2,(H,10,11,14,15)(H2,9,12,13,16,17). The van der Waals surface area contributed by atoms with Gasteiger partial charge in [0, 0.05) is 13.0 Å². The number of hydrogen-bond acceptors (Lipinski definition) is 9. The van der Waals surface area contributed by atoms with Crippen LogP contribution in [-0.4, -0.2) is 65.3 Å². The SMILES string of the molecule is NN(CCCc1nnn[nH]1)C(=O)CNc1nnn[nH]1. The van der Waals surface area contributed by atoms with Gasteiger partial charge in [-0.25, -0.2) is 16.0 Å². The van der Waals surface area contributed by atoms with Crippen molar-refractivity contribution in [3.05, 3.63) is 5.82 Å². The molecular formula is C7H13N11O. The number of carbonyl (C=O) groups excluding carboxylic acids is 1. The lowest BCUT2D eigenvalue weighted by molar-refractivity contribution is -0.129. The molecule has 0 aliphatic rings. The Hall–Kier alpha value is -2.63. The number of anilines is 1. The van der Waals surface area contributed by atoms with E-state index in [2.05, 4.69) is 46.6 Å². The summed E-state index contributed by atoms with van der Waals surface area (Å²) < 4.78 is 0. The predicted molar refractivity (Wildman–Crippen MR) is 61.1 cm³/mol. The highest BCUT2D eigenvalue weighted by molar-refractivity contribution is 5.79. The quantitative estimate of drug-likeness (QED) is 0.240. The molecule has 0 spiro atoms. The summed E-state index contributed by atoms with van der Waals surface area (Å²) in [5.41, 5.74) is 0. The lowest BCUT2D eigenvalue weighted by Gasteiger charge is -2.15. The minimum Gasteiger partial charge on any atom is -0.344 e. The molecular weight excluding hydrogens is 254 g/mol. The normalized spacial score (nSPS) is 10.4. The fraction of sp³-hybridized carbons (Fsp3) is 0.571. The van der Waals surface area contributed by atoms with Gasteiger partial charge in [0.15, 0.2) is 0 Å². The zero-order chi connectivity index (χ0) is 13.5. The number of aromatic amines is 2. The van der Waals surface area contributed by atoms with Crippen LogP contribution < -0.4 is 11.2 Å². The first kappa shape index (κ1) is 12.8. The Bertz CT molecular complexity index is 479. The van der Waals surface area contributed by atoms with E-state index in [1.807, 2.05) is 0 Å². The van der Waals surface area contributed by atoms with Crippen molar-refractivity contribution in [1.29, 1.82) is 0 Å². The molecule has 2 aromatic rings. The Labute approximate surface area is 107 Å². The smallest absolute Gasteiger partial charge is 0.255 e. The molecule has 19 heavy (non-hydrogen) atoms. The largest absolute Gasteiger partial charge is 0.344 e. The van der Waals surface area contributed by atoms with Crippen LogP contribution in [0.15, 0.2) is 0 Å². The maximum atomic E-state index is 11.6. The number of hydrazine groups is 1. The molecule has 1 amide bonds. The minimum absolute atomic E-state index is 0.0111. The van der Waals surface area contributed by atoms with Gasteiger partial charge in [-0.3, -0.25) is 9.80 Å². The maximum Gasteiger partial charge on any atom is 0.255 e. The van der Waals surface area contributed by atoms with Crippen LogP contribution in [0, 0.1) is 0 Å². The van der Waals surface area contributed by atoms with Gasteiger partial charge < -0.3 is 5.32 Å². The molecule has 0 atom stereocenters. The van der Waals surface area contributed by atoms with Crippen LogP contribution in [0.4, 0.5) is 5.95 Å². The van der Waals surface area contributed by atoms with Crippen LogP contribution in [0.2, 0.25) is 0 Å². The highest BCUT2D eigenvalue weighted by atomic mass is 16.2. The van der Waals surface area contributed by atoms with Crippen molar-refractivity contribution in [3.63, 3.8) is 0 Å². The zero-order valence-electron chi connectivity index (χ0n) is 9.94. The van der Waals surface area contributed by atoms with Crippen LogP contribution >= 0.6 is 0 Å². The molecule has 12 heteroatoms. The Balaban J connectivity index is 1.64. The molecule has 2 heterocycles. The first-order chi connectivity index (χ1) is 9.25. The maximum absolute atomic E-state index is 11.6. The molecule has 0 bridgehead atoms. The van der Waals surface area contributed by atoms with E-state index in [4.69, 9.17) is 5.84 Å². The molecule has 0 aromatic carbocycles. The minimum atomic E-state index is -0.271. The van der Waals surface area contributed by atoms with Crippen molar-refractivity contribution in [2.24, 2.45) is 5.84 Å². The molecule has 0 radical (unpaired) electrons. The number of nitrogens with two attached hydrogens (primary N) is 1. The van der Waals surface area contributed by atoms with Crippen molar-refractivity contribution in [2.75, 3.05) is 18.4 Å². The van der Waals surface area contributed by atoms with E-state index >= 15 is 0 Å². The van der Waals surface area contributed by atoms with Gasteiger partial charge in [-0.05, 0) is 27.3 Å². The number of nitrogens with zero attached hydrogens (tertiary/aromatic N) is 7. The third kappa shape index (κ3) is 3.95. The van der Waals surface area contributed by atoms with Crippen LogP contribution in [0.25, 0.3) is 0 Å². The van der Waals surface area contributed by atoms with E-state index in [0.717, 1.165) is 5.01 Å².